The van der Waals surface area contributed by atoms with Crippen LogP contribution in [0, 0.1) is 0 Å². The van der Waals surface area contributed by atoms with Crippen LogP contribution in [0.25, 0.3) is 0 Å². The van der Waals surface area contributed by atoms with Gasteiger partial charge in [-0.1, -0.05) is 24.3 Å². The number of hydrogen-bond donors (Lipinski definition) is 0. The number of ether oxygens (including phenoxy) is 3. The van der Waals surface area contributed by atoms with Crippen molar-refractivity contribution in [3.8, 4) is 0 Å². The van der Waals surface area contributed by atoms with Gasteiger partial charge in [-0.15, -0.1) is 0 Å². The molecule has 3 aliphatic rings. The van der Waals surface area contributed by atoms with Crippen molar-refractivity contribution in [1.29, 1.82) is 0 Å². The van der Waals surface area contributed by atoms with E-state index in [1.807, 2.05) is 0 Å². The smallest absolute Gasteiger partial charge is 0.112 e. The molecule has 78 valence electrons. The number of hydrogen-bond acceptors (Lipinski definition) is 3. The minimum Gasteiger partial charge on any atom is -0.376 e. The van der Waals surface area contributed by atoms with E-state index >= 15 is 0 Å². The fourth-order valence-electron chi connectivity index (χ4n) is 2.42. The first-order valence-corrected chi connectivity index (χ1v) is 5.41. The molecule has 0 bridgehead atoms. The predicted molar refractivity (Wildman–Crippen MR) is 52.5 cm³/mol. The molecule has 3 nitrogen and oxygen atoms in total. The Kier molecular flexibility index (Phi) is 1.55. The van der Waals surface area contributed by atoms with Crippen molar-refractivity contribution in [1.82, 2.24) is 0 Å². The topological polar surface area (TPSA) is 34.3 Å². The zero-order valence-corrected chi connectivity index (χ0v) is 8.26. The summed E-state index contributed by atoms with van der Waals surface area (Å²) in [6.07, 6.45) is 1.01. The number of benzene rings is 1. The predicted octanol–water partition coefficient (Wildman–Crippen LogP) is 1.60. The second-order valence-corrected chi connectivity index (χ2v) is 4.36. The molecule has 4 unspecified atom stereocenters. The standard InChI is InChI=1S/C12H12O3/c1-2-4-8-7(3-1)11-9(14-11)5-13-6-10-12(8)15-10/h1-4,9-12H,5-6H2. The molecule has 3 heterocycles. The van der Waals surface area contributed by atoms with Crippen molar-refractivity contribution >= 4 is 0 Å². The van der Waals surface area contributed by atoms with E-state index in [1.54, 1.807) is 0 Å². The first-order valence-electron chi connectivity index (χ1n) is 5.41. The lowest BCUT2D eigenvalue weighted by Gasteiger charge is -2.03. The zero-order valence-electron chi connectivity index (χ0n) is 8.26. The summed E-state index contributed by atoms with van der Waals surface area (Å²) in [5.74, 6) is 0. The van der Waals surface area contributed by atoms with Crippen LogP contribution >= 0.6 is 0 Å². The van der Waals surface area contributed by atoms with Gasteiger partial charge in [-0.05, 0) is 11.1 Å². The molecule has 0 radical (unpaired) electrons. The summed E-state index contributed by atoms with van der Waals surface area (Å²) in [5.41, 5.74) is 2.58. The van der Waals surface area contributed by atoms with E-state index in [2.05, 4.69) is 24.3 Å². The van der Waals surface area contributed by atoms with Crippen molar-refractivity contribution in [3.05, 3.63) is 35.4 Å². The third-order valence-corrected chi connectivity index (χ3v) is 3.34. The molecule has 4 rings (SSSR count). The maximum atomic E-state index is 5.61. The Labute approximate surface area is 87.9 Å². The van der Waals surface area contributed by atoms with Crippen molar-refractivity contribution < 1.29 is 14.2 Å². The zero-order chi connectivity index (χ0) is 9.83. The molecule has 15 heavy (non-hydrogen) atoms. The average Bonchev–Trinajstić information content (AvgIpc) is 3.14. The van der Waals surface area contributed by atoms with Crippen LogP contribution in [-0.4, -0.2) is 25.4 Å². The Morgan fingerprint density at radius 1 is 0.867 bits per heavy atom. The Balaban J connectivity index is 1.78. The average molecular weight is 204 g/mol. The second-order valence-electron chi connectivity index (χ2n) is 4.36. The highest BCUT2D eigenvalue weighted by atomic mass is 16.6. The maximum absolute atomic E-state index is 5.61. The normalized spacial score (nSPS) is 41.3. The summed E-state index contributed by atoms with van der Waals surface area (Å²) in [4.78, 5) is 0. The highest BCUT2D eigenvalue weighted by Gasteiger charge is 2.49. The van der Waals surface area contributed by atoms with Crippen LogP contribution < -0.4 is 0 Å². The van der Waals surface area contributed by atoms with Crippen LogP contribution in [0.3, 0.4) is 0 Å². The van der Waals surface area contributed by atoms with Gasteiger partial charge in [0.05, 0.1) is 13.2 Å². The van der Waals surface area contributed by atoms with Crippen molar-refractivity contribution in [2.75, 3.05) is 13.2 Å². The van der Waals surface area contributed by atoms with E-state index < -0.39 is 0 Å². The molecule has 1 aromatic carbocycles. The van der Waals surface area contributed by atoms with Crippen LogP contribution in [0.4, 0.5) is 0 Å². The molecule has 0 aliphatic carbocycles. The monoisotopic (exact) mass is 204 g/mol. The lowest BCUT2D eigenvalue weighted by atomic mass is 9.99. The summed E-state index contributed by atoms with van der Waals surface area (Å²) in [7, 11) is 0. The molecule has 2 saturated heterocycles. The van der Waals surface area contributed by atoms with E-state index in [0.29, 0.717) is 13.2 Å². The van der Waals surface area contributed by atoms with Gasteiger partial charge >= 0.3 is 0 Å². The van der Waals surface area contributed by atoms with Crippen molar-refractivity contribution in [3.63, 3.8) is 0 Å². The summed E-state index contributed by atoms with van der Waals surface area (Å²) in [6.45, 7) is 1.40. The number of rotatable bonds is 0. The minimum atomic E-state index is 0.240. The first-order chi connectivity index (χ1) is 7.43. The highest BCUT2D eigenvalue weighted by Crippen LogP contribution is 2.48. The van der Waals surface area contributed by atoms with E-state index in [1.165, 1.54) is 11.1 Å². The molecule has 3 aliphatic heterocycles. The fourth-order valence-corrected chi connectivity index (χ4v) is 2.42. The number of epoxide rings is 2. The van der Waals surface area contributed by atoms with Crippen LogP contribution in [0.5, 0.6) is 0 Å². The molecule has 0 spiro atoms. The highest BCUT2D eigenvalue weighted by molar-refractivity contribution is 5.37. The Bertz CT molecular complexity index is 367. The molecule has 0 amide bonds. The summed E-state index contributed by atoms with van der Waals surface area (Å²) < 4.78 is 16.8. The van der Waals surface area contributed by atoms with Gasteiger partial charge in [0, 0.05) is 0 Å². The Morgan fingerprint density at radius 3 is 1.93 bits per heavy atom. The van der Waals surface area contributed by atoms with E-state index in [9.17, 15) is 0 Å². The third-order valence-electron chi connectivity index (χ3n) is 3.34. The molecule has 3 heteroatoms. The summed E-state index contributed by atoms with van der Waals surface area (Å²) >= 11 is 0. The van der Waals surface area contributed by atoms with Gasteiger partial charge in [-0.3, -0.25) is 0 Å². The van der Waals surface area contributed by atoms with Crippen LogP contribution in [0.15, 0.2) is 24.3 Å². The van der Waals surface area contributed by atoms with Gasteiger partial charge < -0.3 is 14.2 Å². The molecular weight excluding hydrogens is 192 g/mol. The lowest BCUT2D eigenvalue weighted by molar-refractivity contribution is 0.102. The Hall–Kier alpha value is -0.900. The summed E-state index contributed by atoms with van der Waals surface area (Å²) in [6, 6.07) is 8.41. The van der Waals surface area contributed by atoms with E-state index in [0.717, 1.165) is 0 Å². The molecule has 1 aromatic rings. The van der Waals surface area contributed by atoms with Crippen LogP contribution in [0.1, 0.15) is 23.3 Å². The van der Waals surface area contributed by atoms with Gasteiger partial charge in [-0.25, -0.2) is 0 Å². The van der Waals surface area contributed by atoms with E-state index in [-0.39, 0.29) is 24.4 Å². The van der Waals surface area contributed by atoms with Gasteiger partial charge in [0.25, 0.3) is 0 Å². The van der Waals surface area contributed by atoms with Gasteiger partial charge in [0.2, 0.25) is 0 Å². The van der Waals surface area contributed by atoms with Crippen molar-refractivity contribution in [2.45, 2.75) is 24.4 Å². The molecule has 4 atom stereocenters. The second kappa shape index (κ2) is 2.82. The molecule has 0 saturated carbocycles. The van der Waals surface area contributed by atoms with Crippen molar-refractivity contribution in [2.24, 2.45) is 0 Å². The molecule has 0 N–H and O–H groups in total. The summed E-state index contributed by atoms with van der Waals surface area (Å²) in [5, 5.41) is 0. The van der Waals surface area contributed by atoms with Crippen LogP contribution in [0.2, 0.25) is 0 Å². The lowest BCUT2D eigenvalue weighted by Crippen LogP contribution is -2.06. The largest absolute Gasteiger partial charge is 0.376 e. The van der Waals surface area contributed by atoms with Gasteiger partial charge in [0.15, 0.2) is 0 Å². The SMILES string of the molecule is c1ccc2c(c1)C1OC1COCC1OC21. The molecule has 2 fully saturated rings. The first kappa shape index (κ1) is 8.28. The fraction of sp³-hybridized carbons (Fsp3) is 0.500. The maximum Gasteiger partial charge on any atom is 0.112 e. The van der Waals surface area contributed by atoms with Gasteiger partial charge in [-0.2, -0.15) is 0 Å². The Morgan fingerprint density at radius 2 is 1.40 bits per heavy atom. The van der Waals surface area contributed by atoms with E-state index in [4.69, 9.17) is 14.2 Å². The molecule has 0 aromatic heterocycles. The quantitative estimate of drug-likeness (QED) is 0.602. The number of fused-ring (bicyclic) bond motifs is 5. The third kappa shape index (κ3) is 1.24. The van der Waals surface area contributed by atoms with Gasteiger partial charge in [0.1, 0.15) is 24.4 Å². The van der Waals surface area contributed by atoms with Crippen LogP contribution in [-0.2, 0) is 14.2 Å². The minimum absolute atomic E-state index is 0.240. The molecular formula is C12H12O3.